The van der Waals surface area contributed by atoms with E-state index in [4.69, 9.17) is 23.7 Å². The summed E-state index contributed by atoms with van der Waals surface area (Å²) in [6.07, 6.45) is 17.5. The Morgan fingerprint density at radius 2 is 1.03 bits per heavy atom. The van der Waals surface area contributed by atoms with Crippen molar-refractivity contribution in [3.8, 4) is 0 Å². The van der Waals surface area contributed by atoms with Crippen LogP contribution in [0.25, 0.3) is 0 Å². The van der Waals surface area contributed by atoms with Crippen molar-refractivity contribution in [2.24, 2.45) is 98.6 Å². The lowest BCUT2D eigenvalue weighted by Gasteiger charge is -2.62. The van der Waals surface area contributed by atoms with E-state index in [2.05, 4.69) is 48.5 Å². The molecule has 12 heteroatoms. The Labute approximate surface area is 405 Å². The first-order chi connectivity index (χ1) is 32.2. The minimum absolute atomic E-state index is 0.00954. The molecular weight excluding hydrogens is 865 g/mol. The van der Waals surface area contributed by atoms with Gasteiger partial charge in [-0.3, -0.25) is 28.8 Å². The highest BCUT2D eigenvalue weighted by molar-refractivity contribution is 5.95. The first kappa shape index (κ1) is 51.0. The average Bonchev–Trinajstić information content (AvgIpc) is 3.92. The van der Waals surface area contributed by atoms with Gasteiger partial charge in [-0.25, -0.2) is 0 Å². The number of carbonyl (C=O) groups excluding carboxylic acids is 6. The Balaban J connectivity index is 0.000000184. The summed E-state index contributed by atoms with van der Waals surface area (Å²) in [6, 6.07) is 0. The van der Waals surface area contributed by atoms with Crippen LogP contribution in [0.4, 0.5) is 0 Å². The highest BCUT2D eigenvalue weighted by Gasteiger charge is 2.69. The summed E-state index contributed by atoms with van der Waals surface area (Å²) in [5, 5.41) is 11.8. The van der Waals surface area contributed by atoms with Gasteiger partial charge < -0.3 is 28.8 Å². The zero-order valence-corrected chi connectivity index (χ0v) is 42.9. The van der Waals surface area contributed by atoms with Crippen molar-refractivity contribution in [2.45, 2.75) is 163 Å². The predicted molar refractivity (Wildman–Crippen MR) is 253 cm³/mol. The number of hydrogen-bond donors (Lipinski definition) is 1. The van der Waals surface area contributed by atoms with Crippen molar-refractivity contribution in [1.29, 1.82) is 0 Å². The van der Waals surface area contributed by atoms with Crippen molar-refractivity contribution in [2.75, 3.05) is 28.4 Å². The molecule has 0 bridgehead atoms. The Hall–Kier alpha value is -3.38. The van der Waals surface area contributed by atoms with Gasteiger partial charge in [0.1, 0.15) is 6.10 Å². The number of ether oxygens (including phenoxy) is 5. The third-order valence-electron chi connectivity index (χ3n) is 21.6. The van der Waals surface area contributed by atoms with Crippen molar-refractivity contribution < 1.29 is 57.6 Å². The topological polar surface area (TPSA) is 172 Å². The zero-order valence-electron chi connectivity index (χ0n) is 42.9. The molecule has 6 saturated carbocycles. The molecule has 9 rings (SSSR count). The molecule has 0 aromatic rings. The van der Waals surface area contributed by atoms with Gasteiger partial charge in [0, 0.05) is 18.8 Å². The molecule has 0 aromatic carbocycles. The fourth-order valence-corrected chi connectivity index (χ4v) is 18.2. The van der Waals surface area contributed by atoms with Gasteiger partial charge in [0.25, 0.3) is 0 Å². The molecule has 1 saturated heterocycles. The maximum atomic E-state index is 12.3. The van der Waals surface area contributed by atoms with Gasteiger partial charge in [-0.15, -0.1) is 0 Å². The van der Waals surface area contributed by atoms with Crippen LogP contribution in [-0.2, 0) is 52.5 Å². The van der Waals surface area contributed by atoms with E-state index in [1.165, 1.54) is 46.0 Å². The molecule has 0 amide bonds. The molecule has 18 atom stereocenters. The van der Waals surface area contributed by atoms with Crippen LogP contribution in [0.5, 0.6) is 0 Å². The Morgan fingerprint density at radius 1 is 0.618 bits per heavy atom. The summed E-state index contributed by atoms with van der Waals surface area (Å²) in [6.45, 7) is 16.1. The molecule has 1 N–H and O–H groups in total. The summed E-state index contributed by atoms with van der Waals surface area (Å²) in [7, 11) is 5.28. The van der Waals surface area contributed by atoms with Crippen molar-refractivity contribution in [1.82, 2.24) is 0 Å². The summed E-state index contributed by atoms with van der Waals surface area (Å²) in [5.41, 5.74) is 2.78. The molecule has 1 aliphatic heterocycles. The van der Waals surface area contributed by atoms with E-state index in [-0.39, 0.29) is 69.1 Å². The van der Waals surface area contributed by atoms with E-state index in [9.17, 15) is 33.9 Å². The first-order valence-electron chi connectivity index (χ1n) is 26.3. The summed E-state index contributed by atoms with van der Waals surface area (Å²) < 4.78 is 25.9. The number of rotatable bonds is 11. The molecule has 7 fully saturated rings. The number of aliphatic hydroxyl groups is 1. The number of esters is 4. The van der Waals surface area contributed by atoms with Crippen LogP contribution in [-0.4, -0.2) is 87.3 Å². The van der Waals surface area contributed by atoms with Crippen LogP contribution >= 0.6 is 0 Å². The monoisotopic (exact) mass is 947 g/mol. The van der Waals surface area contributed by atoms with Crippen LogP contribution < -0.4 is 0 Å². The van der Waals surface area contributed by atoms with E-state index in [1.807, 2.05) is 12.2 Å². The summed E-state index contributed by atoms with van der Waals surface area (Å²) >= 11 is 0. The van der Waals surface area contributed by atoms with Crippen molar-refractivity contribution in [3.05, 3.63) is 23.3 Å². The molecule has 68 heavy (non-hydrogen) atoms. The normalized spacial score (nSPS) is 42.7. The lowest BCUT2D eigenvalue weighted by atomic mass is 9.43. The number of carbonyl (C=O) groups is 6. The highest BCUT2D eigenvalue weighted by Crippen LogP contribution is 2.72. The maximum absolute atomic E-state index is 12.3. The van der Waals surface area contributed by atoms with E-state index in [1.54, 1.807) is 0 Å². The van der Waals surface area contributed by atoms with Gasteiger partial charge in [-0.05, 0) is 182 Å². The third-order valence-corrected chi connectivity index (χ3v) is 21.6. The van der Waals surface area contributed by atoms with Crippen molar-refractivity contribution >= 4 is 35.4 Å². The highest BCUT2D eigenvalue weighted by atomic mass is 16.6. The quantitative estimate of drug-likeness (QED) is 0.0905. The second-order valence-electron chi connectivity index (χ2n) is 24.2. The standard InChI is InChI=1S/C29H44O6.C27H38O6/c1-7-18-23-15-17(30)10-12-29(23,4)22-11-13-28(3)20(8-9-21(28)24(22)25(18)31)16(2)14-19(26(32)34-5)27(33)35-6;1-14(12-16(24(29)31-4)25(30)32-5)17-6-7-18-21-19(9-11-26(17,18)2)27(3)10-8-15(28)13-20(27)22-23(21)33-22/h15-16,18-22,24-25,31H,7-14H2,1-6H3;13-14,16-19,21-23H,6-12H2,1-5H3/t16-,18-,20?,21?,22?,24?,25+,28-,29-;14-,17?,18?,19?,21?,22+,23-,26-,27-/m11/s1. The third kappa shape index (κ3) is 8.17. The van der Waals surface area contributed by atoms with Gasteiger partial charge in [0.15, 0.2) is 23.4 Å². The van der Waals surface area contributed by atoms with E-state index < -0.39 is 41.8 Å². The number of ketones is 2. The number of epoxide rings is 1. The molecular formula is C56H82O12. The zero-order chi connectivity index (χ0) is 49.4. The van der Waals surface area contributed by atoms with E-state index in [0.717, 1.165) is 64.2 Å². The number of aliphatic hydroxyl groups excluding tert-OH is 1. The van der Waals surface area contributed by atoms with Crippen LogP contribution in [0.1, 0.15) is 145 Å². The van der Waals surface area contributed by atoms with Crippen LogP contribution in [0.2, 0.25) is 0 Å². The predicted octanol–water partition coefficient (Wildman–Crippen LogP) is 8.84. The van der Waals surface area contributed by atoms with Crippen LogP contribution in [0.3, 0.4) is 0 Å². The number of hydrogen-bond acceptors (Lipinski definition) is 12. The largest absolute Gasteiger partial charge is 0.468 e. The molecule has 9 aliphatic rings. The molecule has 1 heterocycles. The molecule has 0 aromatic heterocycles. The lowest BCUT2D eigenvalue weighted by molar-refractivity contribution is -0.162. The average molecular weight is 947 g/mol. The van der Waals surface area contributed by atoms with Gasteiger partial charge in [0.2, 0.25) is 0 Å². The second-order valence-corrected chi connectivity index (χ2v) is 24.2. The van der Waals surface area contributed by atoms with Crippen LogP contribution in [0.15, 0.2) is 23.3 Å². The summed E-state index contributed by atoms with van der Waals surface area (Å²) in [5.74, 6) is 0.640. The molecule has 12 nitrogen and oxygen atoms in total. The fraction of sp³-hybridized carbons (Fsp3) is 0.821. The van der Waals surface area contributed by atoms with E-state index in [0.29, 0.717) is 67.1 Å². The second kappa shape index (κ2) is 19.0. The number of methoxy groups -OCH3 is 4. The lowest BCUT2D eigenvalue weighted by Crippen LogP contribution is -2.58. The fourth-order valence-electron chi connectivity index (χ4n) is 18.2. The van der Waals surface area contributed by atoms with Gasteiger partial charge in [-0.2, -0.15) is 0 Å². The minimum Gasteiger partial charge on any atom is -0.468 e. The number of fused-ring (bicyclic) bond motifs is 13. The minimum atomic E-state index is -0.893. The summed E-state index contributed by atoms with van der Waals surface area (Å²) in [4.78, 5) is 73.7. The van der Waals surface area contributed by atoms with Gasteiger partial charge >= 0.3 is 23.9 Å². The van der Waals surface area contributed by atoms with Gasteiger partial charge in [0.05, 0.1) is 40.6 Å². The van der Waals surface area contributed by atoms with Gasteiger partial charge in [-0.1, -0.05) is 54.0 Å². The first-order valence-corrected chi connectivity index (χ1v) is 26.3. The molecule has 8 unspecified atom stereocenters. The molecule has 0 radical (unpaired) electrons. The Morgan fingerprint density at radius 3 is 1.47 bits per heavy atom. The Kier molecular flexibility index (Phi) is 14.2. The Bertz CT molecular complexity index is 2040. The molecule has 378 valence electrons. The van der Waals surface area contributed by atoms with Crippen LogP contribution in [0, 0.1) is 98.6 Å². The van der Waals surface area contributed by atoms with E-state index >= 15 is 0 Å². The molecule has 0 spiro atoms. The van der Waals surface area contributed by atoms with Crippen molar-refractivity contribution in [3.63, 3.8) is 0 Å². The SMILES string of the molecule is CC[C@@H]1C2=CC(=O)CC[C@]2(C)C2CC[C@@]3(C)C(CCC3[C@H](C)CC(C(=O)OC)C(=O)OC)C2[C@H]1O.COC(=O)C(C[C@@H](C)C1CCC2C3C(CC[C@@]21C)[C@@]1(C)CCC(=O)C=C1[C@@H]1O[C@H]31)C(=O)OC. The maximum Gasteiger partial charge on any atom is 0.320 e. The molecule has 8 aliphatic carbocycles. The smallest absolute Gasteiger partial charge is 0.320 e.